The molecule has 2 aromatic heterocycles. The van der Waals surface area contributed by atoms with E-state index in [1.807, 2.05) is 61.1 Å². The lowest BCUT2D eigenvalue weighted by Crippen LogP contribution is -2.23. The molecule has 0 aliphatic heterocycles. The normalized spacial score (nSPS) is 11.0. The first kappa shape index (κ1) is 18.9. The molecule has 4 rings (SSSR count). The van der Waals surface area contributed by atoms with Gasteiger partial charge in [0.2, 0.25) is 0 Å². The zero-order chi connectivity index (χ0) is 20.4. The van der Waals surface area contributed by atoms with Gasteiger partial charge < -0.3 is 5.32 Å². The molecule has 2 aromatic carbocycles. The van der Waals surface area contributed by atoms with Gasteiger partial charge in [-0.3, -0.25) is 9.48 Å². The van der Waals surface area contributed by atoms with Gasteiger partial charge >= 0.3 is 0 Å². The minimum Gasteiger partial charge on any atom is -0.348 e. The van der Waals surface area contributed by atoms with Gasteiger partial charge in [0.05, 0.1) is 23.0 Å². The Balaban J connectivity index is 1.72. The van der Waals surface area contributed by atoms with E-state index < -0.39 is 0 Å². The Hall–Kier alpha value is -3.47. The molecule has 5 nitrogen and oxygen atoms in total. The molecular formula is C24H24N4O. The number of nitrogens with one attached hydrogen (secondary N) is 1. The molecule has 0 atom stereocenters. The topological polar surface area (TPSA) is 59.8 Å². The van der Waals surface area contributed by atoms with Gasteiger partial charge in [0.15, 0.2) is 0 Å². The molecule has 5 heteroatoms. The third-order valence-electron chi connectivity index (χ3n) is 5.10. The van der Waals surface area contributed by atoms with Crippen LogP contribution in [0.25, 0.3) is 22.2 Å². The maximum atomic E-state index is 13.1. The molecule has 4 aromatic rings. The third-order valence-corrected chi connectivity index (χ3v) is 5.10. The van der Waals surface area contributed by atoms with Crippen molar-refractivity contribution >= 4 is 16.8 Å². The molecule has 2 heterocycles. The molecule has 0 unspecified atom stereocenters. The van der Waals surface area contributed by atoms with E-state index in [1.54, 1.807) is 6.20 Å². The van der Waals surface area contributed by atoms with Crippen LogP contribution in [0.1, 0.15) is 34.0 Å². The van der Waals surface area contributed by atoms with E-state index in [2.05, 4.69) is 29.5 Å². The number of rotatable bonds is 5. The predicted molar refractivity (Wildman–Crippen MR) is 116 cm³/mol. The minimum atomic E-state index is -0.111. The van der Waals surface area contributed by atoms with E-state index in [0.717, 1.165) is 39.8 Å². The Bertz CT molecular complexity index is 1180. The van der Waals surface area contributed by atoms with Crippen LogP contribution in [0.15, 0.2) is 60.9 Å². The van der Waals surface area contributed by atoms with Crippen molar-refractivity contribution in [3.8, 4) is 11.3 Å². The summed E-state index contributed by atoms with van der Waals surface area (Å²) in [6, 6.07) is 16.0. The summed E-state index contributed by atoms with van der Waals surface area (Å²) in [6.45, 7) is 7.36. The first-order valence-corrected chi connectivity index (χ1v) is 9.82. The van der Waals surface area contributed by atoms with E-state index in [1.165, 1.54) is 5.56 Å². The summed E-state index contributed by atoms with van der Waals surface area (Å²) in [5.74, 6) is -0.111. The number of hydrogen-bond donors (Lipinski definition) is 1. The third kappa shape index (κ3) is 3.90. The van der Waals surface area contributed by atoms with E-state index >= 15 is 0 Å². The van der Waals surface area contributed by atoms with Crippen LogP contribution in [0.3, 0.4) is 0 Å². The van der Waals surface area contributed by atoms with Crippen LogP contribution < -0.4 is 5.32 Å². The van der Waals surface area contributed by atoms with Crippen molar-refractivity contribution in [3.05, 3.63) is 83.2 Å². The maximum Gasteiger partial charge on any atom is 0.252 e. The average molecular weight is 384 g/mol. The maximum absolute atomic E-state index is 13.1. The van der Waals surface area contributed by atoms with Gasteiger partial charge in [0, 0.05) is 35.8 Å². The number of hydrogen-bond acceptors (Lipinski definition) is 3. The molecule has 1 N–H and O–H groups in total. The minimum absolute atomic E-state index is 0.111. The quantitative estimate of drug-likeness (QED) is 0.544. The van der Waals surface area contributed by atoms with Crippen molar-refractivity contribution in [2.45, 2.75) is 33.9 Å². The van der Waals surface area contributed by atoms with Crippen molar-refractivity contribution in [2.75, 3.05) is 0 Å². The molecule has 0 aliphatic rings. The van der Waals surface area contributed by atoms with Gasteiger partial charge in [0.25, 0.3) is 5.91 Å². The second-order valence-electron chi connectivity index (χ2n) is 7.28. The summed E-state index contributed by atoms with van der Waals surface area (Å²) in [7, 11) is 0. The number of carbonyl (C=O) groups is 1. The van der Waals surface area contributed by atoms with Crippen LogP contribution in [0, 0.1) is 13.8 Å². The summed E-state index contributed by atoms with van der Waals surface area (Å²) in [4.78, 5) is 17.9. The van der Waals surface area contributed by atoms with Crippen LogP contribution in [-0.4, -0.2) is 20.7 Å². The molecule has 29 heavy (non-hydrogen) atoms. The van der Waals surface area contributed by atoms with Gasteiger partial charge in [-0.2, -0.15) is 5.10 Å². The highest BCUT2D eigenvalue weighted by molar-refractivity contribution is 6.07. The van der Waals surface area contributed by atoms with Crippen molar-refractivity contribution in [1.82, 2.24) is 20.1 Å². The van der Waals surface area contributed by atoms with Crippen LogP contribution in [0.5, 0.6) is 0 Å². The lowest BCUT2D eigenvalue weighted by molar-refractivity contribution is 0.0952. The number of fused-ring (bicyclic) bond motifs is 1. The first-order chi connectivity index (χ1) is 14.0. The number of benzene rings is 2. The lowest BCUT2D eigenvalue weighted by atomic mass is 10.0. The van der Waals surface area contributed by atoms with Crippen LogP contribution >= 0.6 is 0 Å². The molecule has 0 aliphatic carbocycles. The van der Waals surface area contributed by atoms with Crippen molar-refractivity contribution in [2.24, 2.45) is 0 Å². The SMILES string of the molecule is CCn1cc(CNC(=O)c2cc(-c3ccc(C)cc3)nc3c(C)cccc23)cn1. The molecular weight excluding hydrogens is 360 g/mol. The smallest absolute Gasteiger partial charge is 0.252 e. The fourth-order valence-electron chi connectivity index (χ4n) is 3.40. The zero-order valence-corrected chi connectivity index (χ0v) is 16.9. The Morgan fingerprint density at radius 2 is 1.90 bits per heavy atom. The number of para-hydroxylation sites is 1. The van der Waals surface area contributed by atoms with E-state index in [9.17, 15) is 4.79 Å². The number of aryl methyl sites for hydroxylation is 3. The fraction of sp³-hybridized carbons (Fsp3) is 0.208. The second kappa shape index (κ2) is 7.87. The Morgan fingerprint density at radius 3 is 2.62 bits per heavy atom. The first-order valence-electron chi connectivity index (χ1n) is 9.82. The highest BCUT2D eigenvalue weighted by atomic mass is 16.1. The molecule has 146 valence electrons. The number of carbonyl (C=O) groups excluding carboxylic acids is 1. The zero-order valence-electron chi connectivity index (χ0n) is 16.9. The summed E-state index contributed by atoms with van der Waals surface area (Å²) in [6.07, 6.45) is 3.74. The number of amides is 1. The van der Waals surface area contributed by atoms with Crippen molar-refractivity contribution < 1.29 is 4.79 Å². The van der Waals surface area contributed by atoms with Gasteiger partial charge in [0.1, 0.15) is 0 Å². The number of aromatic nitrogens is 3. The standard InChI is InChI=1S/C24H24N4O/c1-4-28-15-18(14-26-28)13-25-24(29)21-12-22(19-10-8-16(2)9-11-19)27-23-17(3)6-5-7-20(21)23/h5-12,14-15H,4,13H2,1-3H3,(H,25,29). The summed E-state index contributed by atoms with van der Waals surface area (Å²) < 4.78 is 1.85. The Morgan fingerprint density at radius 1 is 1.10 bits per heavy atom. The molecule has 0 saturated heterocycles. The highest BCUT2D eigenvalue weighted by Crippen LogP contribution is 2.27. The van der Waals surface area contributed by atoms with Gasteiger partial charge in [-0.1, -0.05) is 48.0 Å². The summed E-state index contributed by atoms with van der Waals surface area (Å²) in [5.41, 5.74) is 6.51. The largest absolute Gasteiger partial charge is 0.348 e. The second-order valence-corrected chi connectivity index (χ2v) is 7.28. The molecule has 1 amide bonds. The molecule has 0 spiro atoms. The predicted octanol–water partition coefficient (Wildman–Crippen LogP) is 4.67. The van der Waals surface area contributed by atoms with Gasteiger partial charge in [-0.05, 0) is 32.4 Å². The van der Waals surface area contributed by atoms with Crippen molar-refractivity contribution in [1.29, 1.82) is 0 Å². The monoisotopic (exact) mass is 384 g/mol. The highest BCUT2D eigenvalue weighted by Gasteiger charge is 2.15. The fourth-order valence-corrected chi connectivity index (χ4v) is 3.40. The van der Waals surface area contributed by atoms with E-state index in [0.29, 0.717) is 12.1 Å². The lowest BCUT2D eigenvalue weighted by Gasteiger charge is -2.12. The van der Waals surface area contributed by atoms with Crippen molar-refractivity contribution in [3.63, 3.8) is 0 Å². The average Bonchev–Trinajstić information content (AvgIpc) is 3.20. The Labute approximate surface area is 170 Å². The molecule has 0 saturated carbocycles. The summed E-state index contributed by atoms with van der Waals surface area (Å²) in [5, 5.41) is 8.16. The van der Waals surface area contributed by atoms with E-state index in [-0.39, 0.29) is 5.91 Å². The van der Waals surface area contributed by atoms with Crippen LogP contribution in [0.2, 0.25) is 0 Å². The molecule has 0 bridgehead atoms. The van der Waals surface area contributed by atoms with Crippen LogP contribution in [-0.2, 0) is 13.1 Å². The van der Waals surface area contributed by atoms with Crippen LogP contribution in [0.4, 0.5) is 0 Å². The molecule has 0 radical (unpaired) electrons. The number of pyridine rings is 1. The van der Waals surface area contributed by atoms with Gasteiger partial charge in [-0.15, -0.1) is 0 Å². The van der Waals surface area contributed by atoms with Gasteiger partial charge in [-0.25, -0.2) is 4.98 Å². The van der Waals surface area contributed by atoms with E-state index in [4.69, 9.17) is 4.98 Å². The Kier molecular flexibility index (Phi) is 5.12. The molecule has 0 fully saturated rings. The summed E-state index contributed by atoms with van der Waals surface area (Å²) >= 11 is 0. The number of nitrogens with zero attached hydrogens (tertiary/aromatic N) is 3.